The summed E-state index contributed by atoms with van der Waals surface area (Å²) in [7, 11) is 0. The molecule has 3 heteroatoms. The lowest BCUT2D eigenvalue weighted by Gasteiger charge is -2.60. The molecule has 0 aliphatic heterocycles. The molecule has 3 nitrogen and oxygen atoms in total. The van der Waals surface area contributed by atoms with Crippen molar-refractivity contribution in [2.45, 2.75) is 58.8 Å². The highest BCUT2D eigenvalue weighted by molar-refractivity contribution is 5.08. The molecule has 0 radical (unpaired) electrons. The minimum absolute atomic E-state index is 0.0569. The molecule has 130 valence electrons. The first-order valence-electron chi connectivity index (χ1n) is 9.26. The maximum atomic E-state index is 10.0. The zero-order valence-corrected chi connectivity index (χ0v) is 14.6. The van der Waals surface area contributed by atoms with E-state index in [1.807, 2.05) is 6.26 Å². The van der Waals surface area contributed by atoms with Crippen LogP contribution in [0.1, 0.15) is 57.9 Å². The van der Waals surface area contributed by atoms with Gasteiger partial charge in [-0.1, -0.05) is 20.3 Å². The molecule has 5 atom stereocenters. The fraction of sp³-hybridized carbons (Fsp3) is 0.800. The summed E-state index contributed by atoms with van der Waals surface area (Å²) in [6, 6.07) is 2.05. The van der Waals surface area contributed by atoms with Crippen LogP contribution in [-0.2, 0) is 6.42 Å². The minimum Gasteiger partial charge on any atom is -0.472 e. The summed E-state index contributed by atoms with van der Waals surface area (Å²) in [6.45, 7) is 5.31. The van der Waals surface area contributed by atoms with Crippen LogP contribution in [0.3, 0.4) is 0 Å². The highest BCUT2D eigenvalue weighted by Crippen LogP contribution is 2.61. The Balaban J connectivity index is 1.83. The van der Waals surface area contributed by atoms with Gasteiger partial charge in [0.05, 0.1) is 12.5 Å². The van der Waals surface area contributed by atoms with Crippen molar-refractivity contribution in [2.24, 2.45) is 28.6 Å². The Morgan fingerprint density at radius 1 is 1.22 bits per heavy atom. The van der Waals surface area contributed by atoms with Crippen LogP contribution in [0.2, 0.25) is 0 Å². The van der Waals surface area contributed by atoms with E-state index < -0.39 is 0 Å². The van der Waals surface area contributed by atoms with E-state index in [-0.39, 0.29) is 10.8 Å². The number of aryl methyl sites for hydroxylation is 1. The third-order valence-corrected chi connectivity index (χ3v) is 7.26. The molecule has 2 aliphatic carbocycles. The lowest BCUT2D eigenvalue weighted by Crippen LogP contribution is -2.54. The average molecular weight is 320 g/mol. The molecule has 23 heavy (non-hydrogen) atoms. The second kappa shape index (κ2) is 6.60. The Hall–Kier alpha value is -0.800. The molecule has 2 saturated carbocycles. The number of rotatable bonds is 5. The topological polar surface area (TPSA) is 53.6 Å². The lowest BCUT2D eigenvalue weighted by molar-refractivity contribution is -0.128. The molecule has 3 rings (SSSR count). The van der Waals surface area contributed by atoms with Gasteiger partial charge in [-0.05, 0) is 78.7 Å². The Morgan fingerprint density at radius 2 is 2.04 bits per heavy atom. The van der Waals surface area contributed by atoms with Crippen molar-refractivity contribution in [1.29, 1.82) is 0 Å². The van der Waals surface area contributed by atoms with Gasteiger partial charge in [0, 0.05) is 13.2 Å². The van der Waals surface area contributed by atoms with Crippen molar-refractivity contribution in [3.63, 3.8) is 0 Å². The zero-order chi connectivity index (χ0) is 16.5. The molecule has 0 saturated heterocycles. The van der Waals surface area contributed by atoms with Crippen molar-refractivity contribution < 1.29 is 14.6 Å². The Kier molecular flexibility index (Phi) is 4.89. The van der Waals surface area contributed by atoms with Crippen LogP contribution in [0, 0.1) is 28.6 Å². The van der Waals surface area contributed by atoms with Gasteiger partial charge in [0.25, 0.3) is 0 Å². The van der Waals surface area contributed by atoms with Crippen LogP contribution >= 0.6 is 0 Å². The summed E-state index contributed by atoms with van der Waals surface area (Å²) < 4.78 is 5.21. The molecule has 2 N–H and O–H groups in total. The molecule has 1 aromatic heterocycles. The molecule has 4 unspecified atom stereocenters. The zero-order valence-electron chi connectivity index (χ0n) is 14.6. The van der Waals surface area contributed by atoms with Gasteiger partial charge in [-0.15, -0.1) is 0 Å². The Labute approximate surface area is 140 Å². The third-order valence-electron chi connectivity index (χ3n) is 7.26. The van der Waals surface area contributed by atoms with Gasteiger partial charge >= 0.3 is 0 Å². The first kappa shape index (κ1) is 17.0. The van der Waals surface area contributed by atoms with Gasteiger partial charge in [-0.25, -0.2) is 0 Å². The fourth-order valence-electron chi connectivity index (χ4n) is 5.99. The van der Waals surface area contributed by atoms with Gasteiger partial charge in [0.1, 0.15) is 0 Å². The number of hydrogen-bond donors (Lipinski definition) is 2. The van der Waals surface area contributed by atoms with Crippen molar-refractivity contribution in [1.82, 2.24) is 0 Å². The number of hydrogen-bond acceptors (Lipinski definition) is 3. The lowest BCUT2D eigenvalue weighted by atomic mass is 9.45. The number of furan rings is 1. The summed E-state index contributed by atoms with van der Waals surface area (Å²) in [5.74, 6) is 1.52. The van der Waals surface area contributed by atoms with E-state index in [0.717, 1.165) is 32.1 Å². The first-order chi connectivity index (χ1) is 11.0. The van der Waals surface area contributed by atoms with Crippen LogP contribution in [-0.4, -0.2) is 23.4 Å². The highest BCUT2D eigenvalue weighted by atomic mass is 16.3. The van der Waals surface area contributed by atoms with Crippen LogP contribution in [0.5, 0.6) is 0 Å². The molecule has 1 aromatic rings. The molecule has 2 aliphatic rings. The third kappa shape index (κ3) is 2.98. The van der Waals surface area contributed by atoms with Gasteiger partial charge < -0.3 is 14.6 Å². The van der Waals surface area contributed by atoms with Crippen LogP contribution < -0.4 is 0 Å². The standard InChI is InChI=1S/C20H32O3/c1-19(14-22)9-3-10-20(2)17(6-4-15-8-11-23-13-15)16(12-21)5-7-18(19)20/h8,11,13,16-18,21-22H,3-7,9-10,12,14H2,1-2H3/t16-,17?,18?,19?,20?/m0/s1. The fourth-order valence-corrected chi connectivity index (χ4v) is 5.99. The predicted molar refractivity (Wildman–Crippen MR) is 91.0 cm³/mol. The molecular weight excluding hydrogens is 288 g/mol. The number of aliphatic hydroxyl groups is 2. The van der Waals surface area contributed by atoms with Gasteiger partial charge in [-0.3, -0.25) is 0 Å². The maximum Gasteiger partial charge on any atom is 0.0934 e. The number of aliphatic hydroxyl groups excluding tert-OH is 2. The molecule has 0 amide bonds. The SMILES string of the molecule is CC1(CO)CCCC2(C)C(CCc3ccoc3)[C@H](CO)CCC12. The second-order valence-electron chi connectivity index (χ2n) is 8.52. The van der Waals surface area contributed by atoms with E-state index in [1.165, 1.54) is 18.4 Å². The second-order valence-corrected chi connectivity index (χ2v) is 8.52. The van der Waals surface area contributed by atoms with Crippen LogP contribution in [0.15, 0.2) is 23.0 Å². The van der Waals surface area contributed by atoms with E-state index in [2.05, 4.69) is 19.9 Å². The Morgan fingerprint density at radius 3 is 2.70 bits per heavy atom. The first-order valence-corrected chi connectivity index (χ1v) is 9.26. The molecule has 2 fully saturated rings. The highest BCUT2D eigenvalue weighted by Gasteiger charge is 2.55. The smallest absolute Gasteiger partial charge is 0.0934 e. The van der Waals surface area contributed by atoms with E-state index in [0.29, 0.717) is 31.0 Å². The summed E-state index contributed by atoms with van der Waals surface area (Å²) in [4.78, 5) is 0. The van der Waals surface area contributed by atoms with E-state index in [9.17, 15) is 10.2 Å². The number of fused-ring (bicyclic) bond motifs is 1. The Bertz CT molecular complexity index is 497. The molecule has 0 spiro atoms. The van der Waals surface area contributed by atoms with Gasteiger partial charge in [-0.2, -0.15) is 0 Å². The molecular formula is C20H32O3. The van der Waals surface area contributed by atoms with Crippen molar-refractivity contribution in [2.75, 3.05) is 13.2 Å². The molecule has 0 aromatic carbocycles. The van der Waals surface area contributed by atoms with Crippen LogP contribution in [0.4, 0.5) is 0 Å². The van der Waals surface area contributed by atoms with Crippen molar-refractivity contribution >= 4 is 0 Å². The monoisotopic (exact) mass is 320 g/mol. The molecule has 1 heterocycles. The minimum atomic E-state index is 0.0569. The van der Waals surface area contributed by atoms with Gasteiger partial charge in [0.2, 0.25) is 0 Å². The largest absolute Gasteiger partial charge is 0.472 e. The quantitative estimate of drug-likeness (QED) is 0.861. The van der Waals surface area contributed by atoms with Crippen molar-refractivity contribution in [3.05, 3.63) is 24.2 Å². The normalized spacial score (nSPS) is 40.8. The summed E-state index contributed by atoms with van der Waals surface area (Å²) >= 11 is 0. The van der Waals surface area contributed by atoms with E-state index in [1.54, 1.807) is 6.26 Å². The van der Waals surface area contributed by atoms with Crippen LogP contribution in [0.25, 0.3) is 0 Å². The summed E-state index contributed by atoms with van der Waals surface area (Å²) in [5.41, 5.74) is 1.56. The maximum absolute atomic E-state index is 10.0. The average Bonchev–Trinajstić information content (AvgIpc) is 3.06. The predicted octanol–water partition coefficient (Wildman–Crippen LogP) is 4.04. The summed E-state index contributed by atoms with van der Waals surface area (Å²) in [6.07, 6.45) is 11.5. The van der Waals surface area contributed by atoms with Gasteiger partial charge in [0.15, 0.2) is 0 Å². The molecule has 0 bridgehead atoms. The van der Waals surface area contributed by atoms with E-state index >= 15 is 0 Å². The van der Waals surface area contributed by atoms with E-state index in [4.69, 9.17) is 4.42 Å². The summed E-state index contributed by atoms with van der Waals surface area (Å²) in [5, 5.41) is 20.0. The van der Waals surface area contributed by atoms with Crippen molar-refractivity contribution in [3.8, 4) is 0 Å².